The Morgan fingerprint density at radius 3 is 2.33 bits per heavy atom. The molecule has 2 rings (SSSR count). The van der Waals surface area contributed by atoms with Crippen LogP contribution in [0.2, 0.25) is 0 Å². The number of aryl methyl sites for hydroxylation is 1. The van der Waals surface area contributed by atoms with E-state index in [1.54, 1.807) is 16.5 Å². The monoisotopic (exact) mass is 328 g/mol. The van der Waals surface area contributed by atoms with Gasteiger partial charge in [0.1, 0.15) is 22.3 Å². The van der Waals surface area contributed by atoms with E-state index in [0.717, 1.165) is 17.1 Å². The van der Waals surface area contributed by atoms with Gasteiger partial charge in [-0.15, -0.1) is 0 Å². The van der Waals surface area contributed by atoms with E-state index in [-0.39, 0.29) is 10.4 Å². The smallest absolute Gasteiger partial charge is 0.307 e. The molecule has 1 atom stereocenters. The van der Waals surface area contributed by atoms with Crippen molar-refractivity contribution in [1.29, 1.82) is 5.26 Å². The van der Waals surface area contributed by atoms with Crippen LogP contribution in [0.25, 0.3) is 0 Å². The Labute approximate surface area is 132 Å². The zero-order chi connectivity index (χ0) is 16.2. The summed E-state index contributed by atoms with van der Waals surface area (Å²) >= 11 is 2.64. The van der Waals surface area contributed by atoms with Crippen LogP contribution in [0.4, 0.5) is 0 Å². The number of allylic oxidation sites excluding steroid dienone is 1. The van der Waals surface area contributed by atoms with Gasteiger partial charge in [0.15, 0.2) is 0 Å². The largest absolute Gasteiger partial charge is 0.384 e. The summed E-state index contributed by atoms with van der Waals surface area (Å²) in [6, 6.07) is 1.99. The Bertz CT molecular complexity index is 627. The van der Waals surface area contributed by atoms with Crippen molar-refractivity contribution in [2.24, 2.45) is 11.6 Å². The van der Waals surface area contributed by atoms with Gasteiger partial charge in [0.2, 0.25) is 0 Å². The lowest BCUT2D eigenvalue weighted by atomic mass is 10.4. The fourth-order valence-corrected chi connectivity index (χ4v) is 3.50. The van der Waals surface area contributed by atoms with E-state index in [2.05, 4.69) is 5.43 Å². The van der Waals surface area contributed by atoms with Gasteiger partial charge in [-0.3, -0.25) is 10.6 Å². The van der Waals surface area contributed by atoms with Crippen LogP contribution in [-0.2, 0) is 6.54 Å². The molecule has 0 saturated heterocycles. The molecular weight excluding hydrogens is 308 g/mol. The molecule has 1 aliphatic rings. The van der Waals surface area contributed by atoms with Gasteiger partial charge < -0.3 is 15.2 Å². The molecule has 116 valence electrons. The van der Waals surface area contributed by atoms with Gasteiger partial charge in [-0.1, -0.05) is 23.1 Å². The summed E-state index contributed by atoms with van der Waals surface area (Å²) in [4.78, 5) is 14.6. The van der Waals surface area contributed by atoms with Crippen molar-refractivity contribution in [3.05, 3.63) is 31.0 Å². The molecule has 0 spiro atoms. The Kier molecular flexibility index (Phi) is 6.29. The maximum absolute atomic E-state index is 11.1. The minimum absolute atomic E-state index is 0.121. The second-order valence-corrected chi connectivity index (χ2v) is 6.58. The third-order valence-electron chi connectivity index (χ3n) is 3.13. The highest BCUT2D eigenvalue weighted by molar-refractivity contribution is 8.04. The number of rotatable bonds is 2. The SMILES string of the molecule is CCn1c(C)c(C)sc1=O.CN1C(N)=C(C#N)SC1NN. The number of thiazole rings is 1. The van der Waals surface area contributed by atoms with Crippen LogP contribution in [0.3, 0.4) is 0 Å². The third kappa shape index (κ3) is 3.79. The fourth-order valence-electron chi connectivity index (χ4n) is 1.72. The molecule has 0 aliphatic carbocycles. The molecular formula is C12H20N6OS2. The maximum atomic E-state index is 11.1. The minimum Gasteiger partial charge on any atom is -0.384 e. The molecule has 0 aromatic carbocycles. The van der Waals surface area contributed by atoms with Crippen molar-refractivity contribution in [2.45, 2.75) is 32.8 Å². The average molecular weight is 328 g/mol. The molecule has 0 saturated carbocycles. The van der Waals surface area contributed by atoms with Crippen LogP contribution in [0.5, 0.6) is 0 Å². The predicted molar refractivity (Wildman–Crippen MR) is 87.0 cm³/mol. The van der Waals surface area contributed by atoms with Gasteiger partial charge >= 0.3 is 4.87 Å². The molecule has 1 unspecified atom stereocenters. The summed E-state index contributed by atoms with van der Waals surface area (Å²) in [7, 11) is 1.78. The summed E-state index contributed by atoms with van der Waals surface area (Å²) in [5.41, 5.74) is 9.08. The molecule has 0 radical (unpaired) electrons. The quantitative estimate of drug-likeness (QED) is 0.538. The zero-order valence-electron chi connectivity index (χ0n) is 12.5. The Hall–Kier alpha value is -1.47. The first kappa shape index (κ1) is 17.6. The lowest BCUT2D eigenvalue weighted by Crippen LogP contribution is -2.42. The second-order valence-electron chi connectivity index (χ2n) is 4.33. The molecule has 0 bridgehead atoms. The topological polar surface area (TPSA) is 113 Å². The number of nitriles is 1. The molecule has 2 heterocycles. The third-order valence-corrected chi connectivity index (χ3v) is 5.34. The molecule has 0 fully saturated rings. The molecule has 5 N–H and O–H groups in total. The van der Waals surface area contributed by atoms with Crippen molar-refractivity contribution in [2.75, 3.05) is 7.05 Å². The van der Waals surface area contributed by atoms with Crippen molar-refractivity contribution in [3.8, 4) is 6.07 Å². The van der Waals surface area contributed by atoms with Crippen LogP contribution < -0.4 is 21.9 Å². The molecule has 1 aromatic rings. The highest BCUT2D eigenvalue weighted by atomic mass is 32.2. The molecule has 7 nitrogen and oxygen atoms in total. The van der Waals surface area contributed by atoms with E-state index in [1.165, 1.54) is 23.1 Å². The summed E-state index contributed by atoms with van der Waals surface area (Å²) < 4.78 is 1.79. The van der Waals surface area contributed by atoms with Crippen LogP contribution in [0.1, 0.15) is 17.5 Å². The summed E-state index contributed by atoms with van der Waals surface area (Å²) in [6.45, 7) is 6.74. The molecule has 21 heavy (non-hydrogen) atoms. The fraction of sp³-hybridized carbons (Fsp3) is 0.500. The lowest BCUT2D eigenvalue weighted by Gasteiger charge is -2.20. The number of hydrogen-bond donors (Lipinski definition) is 3. The van der Waals surface area contributed by atoms with Gasteiger partial charge in [-0.2, -0.15) is 5.26 Å². The van der Waals surface area contributed by atoms with Crippen molar-refractivity contribution in [3.63, 3.8) is 0 Å². The molecule has 1 aliphatic heterocycles. The van der Waals surface area contributed by atoms with E-state index >= 15 is 0 Å². The van der Waals surface area contributed by atoms with Crippen molar-refractivity contribution < 1.29 is 0 Å². The van der Waals surface area contributed by atoms with E-state index in [9.17, 15) is 4.79 Å². The molecule has 1 aromatic heterocycles. The van der Waals surface area contributed by atoms with Crippen LogP contribution in [0.15, 0.2) is 15.5 Å². The Morgan fingerprint density at radius 2 is 2.10 bits per heavy atom. The van der Waals surface area contributed by atoms with E-state index in [1.807, 2.05) is 26.8 Å². The number of hydrazine groups is 1. The van der Waals surface area contributed by atoms with E-state index in [0.29, 0.717) is 10.7 Å². The van der Waals surface area contributed by atoms with Crippen LogP contribution in [-0.4, -0.2) is 22.0 Å². The average Bonchev–Trinajstić information content (AvgIpc) is 2.88. The number of nitrogens with one attached hydrogen (secondary N) is 1. The van der Waals surface area contributed by atoms with Gasteiger partial charge in [0.05, 0.1) is 0 Å². The molecule has 0 amide bonds. The summed E-state index contributed by atoms with van der Waals surface area (Å²) in [6.07, 6.45) is 0. The minimum atomic E-state index is -0.121. The van der Waals surface area contributed by atoms with E-state index in [4.69, 9.17) is 16.8 Å². The number of aromatic nitrogens is 1. The first-order chi connectivity index (χ1) is 9.87. The predicted octanol–water partition coefficient (Wildman–Crippen LogP) is 0.610. The van der Waals surface area contributed by atoms with Crippen molar-refractivity contribution in [1.82, 2.24) is 14.9 Å². The Balaban J connectivity index is 0.000000211. The zero-order valence-corrected chi connectivity index (χ0v) is 14.1. The van der Waals surface area contributed by atoms with Gasteiger partial charge in [0.25, 0.3) is 0 Å². The van der Waals surface area contributed by atoms with Crippen LogP contribution in [0, 0.1) is 25.2 Å². The molecule has 9 heteroatoms. The Morgan fingerprint density at radius 1 is 1.48 bits per heavy atom. The van der Waals surface area contributed by atoms with Gasteiger partial charge in [-0.05, 0) is 20.8 Å². The lowest BCUT2D eigenvalue weighted by molar-refractivity contribution is 0.353. The number of thioether (sulfide) groups is 1. The highest BCUT2D eigenvalue weighted by Gasteiger charge is 2.27. The summed E-state index contributed by atoms with van der Waals surface area (Å²) in [5, 5.41) is 8.56. The number of nitrogens with zero attached hydrogens (tertiary/aromatic N) is 3. The normalized spacial score (nSPS) is 17.5. The standard InChI is InChI=1S/C7H11NOS.C5H9N5S/c1-4-8-5(2)6(3)10-7(8)9;1-10-4(7)3(2-6)11-5(10)9-8/h4H2,1-3H3;5,9H,7-8H2,1H3. The summed E-state index contributed by atoms with van der Waals surface area (Å²) in [5.74, 6) is 5.67. The highest BCUT2D eigenvalue weighted by Crippen LogP contribution is 2.31. The van der Waals surface area contributed by atoms with E-state index < -0.39 is 0 Å². The first-order valence-electron chi connectivity index (χ1n) is 6.29. The second kappa shape index (κ2) is 7.51. The van der Waals surface area contributed by atoms with Crippen molar-refractivity contribution >= 4 is 23.1 Å². The maximum Gasteiger partial charge on any atom is 0.307 e. The number of nitrogens with two attached hydrogens (primary N) is 2. The first-order valence-corrected chi connectivity index (χ1v) is 7.99. The number of hydrogen-bond acceptors (Lipinski definition) is 8. The van der Waals surface area contributed by atoms with Crippen LogP contribution >= 0.6 is 23.1 Å². The van der Waals surface area contributed by atoms with Gasteiger partial charge in [-0.25, -0.2) is 5.43 Å². The van der Waals surface area contributed by atoms with Gasteiger partial charge in [0, 0.05) is 24.2 Å².